The standard InChI is InChI=1S/C21H16ClNO3S/c22-21(24)15-8-16-6-11-19(12-7-16)23-27(25,26)20-13-9-18(10-14-20)17-4-2-1-3-5-17/h1-15,23H/b15-8+. The smallest absolute Gasteiger partial charge is 0.261 e. The normalized spacial score (nSPS) is 11.4. The first kappa shape index (κ1) is 18.9. The number of hydrogen-bond donors (Lipinski definition) is 1. The van der Waals surface area contributed by atoms with E-state index in [-0.39, 0.29) is 4.90 Å². The summed E-state index contributed by atoms with van der Waals surface area (Å²) in [5, 5.41) is -0.571. The molecule has 0 saturated heterocycles. The Kier molecular flexibility index (Phi) is 5.74. The Morgan fingerprint density at radius 2 is 1.41 bits per heavy atom. The zero-order valence-corrected chi connectivity index (χ0v) is 15.7. The van der Waals surface area contributed by atoms with E-state index in [9.17, 15) is 13.2 Å². The van der Waals surface area contributed by atoms with Crippen LogP contribution < -0.4 is 4.72 Å². The molecule has 0 fully saturated rings. The summed E-state index contributed by atoms with van der Waals surface area (Å²) >= 11 is 5.25. The molecule has 0 aliphatic heterocycles. The lowest BCUT2D eigenvalue weighted by molar-refractivity contribution is -0.107. The summed E-state index contributed by atoms with van der Waals surface area (Å²) in [5.74, 6) is 0. The van der Waals surface area contributed by atoms with Gasteiger partial charge < -0.3 is 0 Å². The van der Waals surface area contributed by atoms with Gasteiger partial charge in [0.15, 0.2) is 0 Å². The molecule has 3 aromatic rings. The molecule has 3 aromatic carbocycles. The van der Waals surface area contributed by atoms with E-state index >= 15 is 0 Å². The highest BCUT2D eigenvalue weighted by Crippen LogP contribution is 2.22. The minimum absolute atomic E-state index is 0.180. The van der Waals surface area contributed by atoms with Crippen molar-refractivity contribution in [2.75, 3.05) is 4.72 Å². The molecule has 4 nitrogen and oxygen atoms in total. The molecule has 0 aromatic heterocycles. The maximum atomic E-state index is 12.6. The third kappa shape index (κ3) is 5.06. The van der Waals surface area contributed by atoms with Crippen LogP contribution in [0.4, 0.5) is 5.69 Å². The van der Waals surface area contributed by atoms with E-state index in [0.29, 0.717) is 5.69 Å². The molecule has 0 heterocycles. The number of halogens is 1. The number of anilines is 1. The van der Waals surface area contributed by atoms with Gasteiger partial charge in [-0.05, 0) is 58.6 Å². The molecule has 1 N–H and O–H groups in total. The van der Waals surface area contributed by atoms with E-state index in [1.165, 1.54) is 6.08 Å². The van der Waals surface area contributed by atoms with Gasteiger partial charge in [0.2, 0.25) is 5.24 Å². The summed E-state index contributed by atoms with van der Waals surface area (Å²) in [6.45, 7) is 0. The molecule has 6 heteroatoms. The third-order valence-corrected chi connectivity index (χ3v) is 5.36. The number of carbonyl (C=O) groups excluding carboxylic acids is 1. The van der Waals surface area contributed by atoms with Crippen molar-refractivity contribution in [1.82, 2.24) is 0 Å². The van der Waals surface area contributed by atoms with Gasteiger partial charge in [-0.25, -0.2) is 8.42 Å². The monoisotopic (exact) mass is 397 g/mol. The van der Waals surface area contributed by atoms with Crippen molar-refractivity contribution in [2.45, 2.75) is 4.90 Å². The lowest BCUT2D eigenvalue weighted by atomic mass is 10.1. The lowest BCUT2D eigenvalue weighted by Crippen LogP contribution is -2.12. The minimum atomic E-state index is -3.69. The second kappa shape index (κ2) is 8.20. The Morgan fingerprint density at radius 3 is 2.00 bits per heavy atom. The summed E-state index contributed by atoms with van der Waals surface area (Å²) in [5.41, 5.74) is 3.13. The molecule has 3 rings (SSSR count). The molecule has 0 bridgehead atoms. The number of nitrogens with one attached hydrogen (secondary N) is 1. The van der Waals surface area contributed by atoms with Crippen LogP contribution in [0.1, 0.15) is 5.56 Å². The van der Waals surface area contributed by atoms with Gasteiger partial charge in [0.05, 0.1) is 4.90 Å². The van der Waals surface area contributed by atoms with Gasteiger partial charge in [0.1, 0.15) is 0 Å². The quantitative estimate of drug-likeness (QED) is 0.473. The van der Waals surface area contributed by atoms with Crippen LogP contribution in [0, 0.1) is 0 Å². The number of benzene rings is 3. The average Bonchev–Trinajstić information content (AvgIpc) is 2.68. The zero-order valence-electron chi connectivity index (χ0n) is 14.2. The molecule has 0 radical (unpaired) electrons. The van der Waals surface area contributed by atoms with Crippen molar-refractivity contribution in [3.05, 3.63) is 90.5 Å². The molecule has 0 aliphatic rings. The van der Waals surface area contributed by atoms with Crippen molar-refractivity contribution in [3.8, 4) is 11.1 Å². The van der Waals surface area contributed by atoms with Crippen LogP contribution in [0.2, 0.25) is 0 Å². The van der Waals surface area contributed by atoms with Gasteiger partial charge in [-0.15, -0.1) is 0 Å². The predicted molar refractivity (Wildman–Crippen MR) is 109 cm³/mol. The predicted octanol–water partition coefficient (Wildman–Crippen LogP) is 4.93. The van der Waals surface area contributed by atoms with E-state index in [0.717, 1.165) is 16.7 Å². The van der Waals surface area contributed by atoms with Crippen molar-refractivity contribution < 1.29 is 13.2 Å². The molecule has 0 saturated carbocycles. The molecule has 0 amide bonds. The fourth-order valence-corrected chi connectivity index (χ4v) is 3.62. The molecular weight excluding hydrogens is 382 g/mol. The molecule has 27 heavy (non-hydrogen) atoms. The molecule has 0 aliphatic carbocycles. The topological polar surface area (TPSA) is 63.2 Å². The Balaban J connectivity index is 1.75. The first-order valence-electron chi connectivity index (χ1n) is 8.10. The van der Waals surface area contributed by atoms with Crippen molar-refractivity contribution in [3.63, 3.8) is 0 Å². The number of carbonyl (C=O) groups is 1. The van der Waals surface area contributed by atoms with Gasteiger partial charge in [-0.3, -0.25) is 9.52 Å². The van der Waals surface area contributed by atoms with Crippen LogP contribution in [-0.4, -0.2) is 13.7 Å². The number of sulfonamides is 1. The van der Waals surface area contributed by atoms with Gasteiger partial charge in [-0.2, -0.15) is 0 Å². The van der Waals surface area contributed by atoms with E-state index < -0.39 is 15.3 Å². The Morgan fingerprint density at radius 1 is 0.815 bits per heavy atom. The van der Waals surface area contributed by atoms with Crippen molar-refractivity contribution in [2.24, 2.45) is 0 Å². The molecule has 0 unspecified atom stereocenters. The van der Waals surface area contributed by atoms with Crippen LogP contribution in [0.15, 0.2) is 89.8 Å². The highest BCUT2D eigenvalue weighted by Gasteiger charge is 2.14. The largest absolute Gasteiger partial charge is 0.280 e. The molecule has 0 spiro atoms. The lowest BCUT2D eigenvalue weighted by Gasteiger charge is -2.09. The van der Waals surface area contributed by atoms with E-state index in [1.807, 2.05) is 30.3 Å². The molecule has 136 valence electrons. The Labute approximate surface area is 163 Å². The van der Waals surface area contributed by atoms with Gasteiger partial charge in [-0.1, -0.05) is 60.7 Å². The summed E-state index contributed by atoms with van der Waals surface area (Å²) in [6.07, 6.45) is 2.78. The summed E-state index contributed by atoms with van der Waals surface area (Å²) < 4.78 is 27.7. The Hall–Kier alpha value is -2.89. The van der Waals surface area contributed by atoms with Gasteiger partial charge in [0.25, 0.3) is 10.0 Å². The van der Waals surface area contributed by atoms with Crippen molar-refractivity contribution in [1.29, 1.82) is 0 Å². The SMILES string of the molecule is O=C(Cl)/C=C/c1ccc(NS(=O)(=O)c2ccc(-c3ccccc3)cc2)cc1. The molecule has 0 atom stereocenters. The van der Waals surface area contributed by atoms with Gasteiger partial charge >= 0.3 is 0 Å². The Bertz CT molecular complexity index is 1060. The second-order valence-electron chi connectivity index (χ2n) is 5.76. The first-order valence-corrected chi connectivity index (χ1v) is 9.96. The fourth-order valence-electron chi connectivity index (χ4n) is 2.50. The number of allylic oxidation sites excluding steroid dienone is 1. The zero-order chi connectivity index (χ0) is 19.3. The molecular formula is C21H16ClNO3S. The highest BCUT2D eigenvalue weighted by molar-refractivity contribution is 7.92. The maximum Gasteiger partial charge on any atom is 0.261 e. The third-order valence-electron chi connectivity index (χ3n) is 3.84. The first-order chi connectivity index (χ1) is 12.9. The van der Waals surface area contributed by atoms with Crippen LogP contribution in [0.5, 0.6) is 0 Å². The van der Waals surface area contributed by atoms with E-state index in [1.54, 1.807) is 54.6 Å². The summed E-state index contributed by atoms with van der Waals surface area (Å²) in [7, 11) is -3.69. The van der Waals surface area contributed by atoms with Crippen LogP contribution in [0.25, 0.3) is 17.2 Å². The second-order valence-corrected chi connectivity index (χ2v) is 7.81. The maximum absolute atomic E-state index is 12.6. The summed E-state index contributed by atoms with van der Waals surface area (Å²) in [6, 6.07) is 23.1. The van der Waals surface area contributed by atoms with Crippen LogP contribution >= 0.6 is 11.6 Å². The van der Waals surface area contributed by atoms with Crippen LogP contribution in [0.3, 0.4) is 0 Å². The number of hydrogen-bond acceptors (Lipinski definition) is 3. The fraction of sp³-hybridized carbons (Fsp3) is 0. The minimum Gasteiger partial charge on any atom is -0.280 e. The highest BCUT2D eigenvalue weighted by atomic mass is 35.5. The van der Waals surface area contributed by atoms with E-state index in [4.69, 9.17) is 11.6 Å². The average molecular weight is 398 g/mol. The van der Waals surface area contributed by atoms with Crippen molar-refractivity contribution >= 4 is 38.6 Å². The number of rotatable bonds is 6. The summed E-state index contributed by atoms with van der Waals surface area (Å²) in [4.78, 5) is 10.9. The van der Waals surface area contributed by atoms with Crippen LogP contribution in [-0.2, 0) is 14.8 Å². The van der Waals surface area contributed by atoms with Gasteiger partial charge in [0, 0.05) is 5.69 Å². The van der Waals surface area contributed by atoms with E-state index in [2.05, 4.69) is 4.72 Å².